The molecule has 2 aromatic carbocycles. The van der Waals surface area contributed by atoms with Gasteiger partial charge in [0.05, 0.1) is 17.8 Å². The molecule has 0 spiro atoms. The van der Waals surface area contributed by atoms with Crippen molar-refractivity contribution in [2.24, 2.45) is 0 Å². The van der Waals surface area contributed by atoms with E-state index in [1.807, 2.05) is 19.1 Å². The molecule has 0 aliphatic heterocycles. The molecule has 4 nitrogen and oxygen atoms in total. The molecule has 29 heavy (non-hydrogen) atoms. The smallest absolute Gasteiger partial charge is 0.258 e. The molecule has 0 atom stereocenters. The molecule has 0 fully saturated rings. The van der Waals surface area contributed by atoms with E-state index in [0.29, 0.717) is 12.2 Å². The fraction of sp³-hybridized carbons (Fsp3) is 0.250. The Labute approximate surface area is 170 Å². The molecule has 3 aromatic rings. The maximum absolute atomic E-state index is 14.9. The molecule has 1 heterocycles. The fourth-order valence-electron chi connectivity index (χ4n) is 3.00. The van der Waals surface area contributed by atoms with Gasteiger partial charge in [-0.15, -0.1) is 11.8 Å². The van der Waals surface area contributed by atoms with Gasteiger partial charge in [-0.3, -0.25) is 9.78 Å². The minimum atomic E-state index is -0.542. The zero-order valence-corrected chi connectivity index (χ0v) is 16.6. The quantitative estimate of drug-likeness (QED) is 0.410. The summed E-state index contributed by atoms with van der Waals surface area (Å²) in [5.41, 5.74) is 1.45. The Bertz CT molecular complexity index is 1070. The molecule has 0 bridgehead atoms. The monoisotopic (exact) mass is 390 g/mol. The van der Waals surface area contributed by atoms with Crippen LogP contribution >= 0.6 is 0 Å². The van der Waals surface area contributed by atoms with E-state index in [1.165, 1.54) is 4.90 Å². The lowest BCUT2D eigenvalue weighted by molar-refractivity contribution is 0.0992. The number of hydrogen-bond donors (Lipinski definition) is 0. The lowest BCUT2D eigenvalue weighted by atomic mass is 10.1. The summed E-state index contributed by atoms with van der Waals surface area (Å²) in [6.45, 7) is 2.21. The third-order valence-corrected chi connectivity index (χ3v) is 4.59. The van der Waals surface area contributed by atoms with Crippen LogP contribution in [0.15, 0.2) is 54.7 Å². The Morgan fingerprint density at radius 2 is 2.03 bits per heavy atom. The minimum absolute atomic E-state index is 0.145. The first-order valence-corrected chi connectivity index (χ1v) is 9.55. The van der Waals surface area contributed by atoms with Crippen molar-refractivity contribution in [1.82, 2.24) is 4.98 Å². The van der Waals surface area contributed by atoms with Crippen LogP contribution < -0.4 is 9.64 Å². The van der Waals surface area contributed by atoms with E-state index in [4.69, 9.17) is 4.74 Å². The Morgan fingerprint density at radius 1 is 1.17 bits per heavy atom. The maximum Gasteiger partial charge on any atom is 0.258 e. The number of pyridine rings is 1. The maximum atomic E-state index is 14.9. The van der Waals surface area contributed by atoms with Gasteiger partial charge < -0.3 is 9.64 Å². The van der Waals surface area contributed by atoms with Crippen LogP contribution in [0.3, 0.4) is 0 Å². The van der Waals surface area contributed by atoms with E-state index in [0.717, 1.165) is 30.2 Å². The molecule has 0 aliphatic rings. The molecule has 0 radical (unpaired) electrons. The average Bonchev–Trinajstić information content (AvgIpc) is 2.76. The van der Waals surface area contributed by atoms with Gasteiger partial charge in [0.25, 0.3) is 5.91 Å². The number of ether oxygens (including phenoxy) is 1. The van der Waals surface area contributed by atoms with Crippen molar-refractivity contribution < 1.29 is 13.9 Å². The third-order valence-electron chi connectivity index (χ3n) is 4.59. The highest BCUT2D eigenvalue weighted by Crippen LogP contribution is 2.28. The number of carbonyl (C=O) groups is 1. The number of carbonyl (C=O) groups excluding carboxylic acids is 1. The Balaban J connectivity index is 1.72. The van der Waals surface area contributed by atoms with Crippen LogP contribution in [0.4, 0.5) is 10.1 Å². The van der Waals surface area contributed by atoms with E-state index in [2.05, 4.69) is 16.8 Å². The van der Waals surface area contributed by atoms with Crippen LogP contribution in [-0.4, -0.2) is 24.5 Å². The summed E-state index contributed by atoms with van der Waals surface area (Å²) < 4.78 is 20.5. The van der Waals surface area contributed by atoms with Crippen molar-refractivity contribution >= 4 is 22.5 Å². The Kier molecular flexibility index (Phi) is 6.80. The molecular formula is C24H23FN2O2. The predicted molar refractivity (Wildman–Crippen MR) is 114 cm³/mol. The third kappa shape index (κ3) is 4.91. The van der Waals surface area contributed by atoms with Gasteiger partial charge in [-0.2, -0.15) is 0 Å². The standard InChI is InChI=1S/C24H23FN2O2/c1-3-4-5-6-7-16-29-22-12-8-11-21(23(22)25)27(2)24(28)19-13-14-20-18(17-19)10-9-15-26-20/h8-15,17H,5-7,16H2,1-2H3. The normalized spacial score (nSPS) is 10.3. The van der Waals surface area contributed by atoms with Crippen molar-refractivity contribution in [3.05, 3.63) is 66.1 Å². The molecule has 0 aliphatic carbocycles. The van der Waals surface area contributed by atoms with Gasteiger partial charge in [0.2, 0.25) is 0 Å². The van der Waals surface area contributed by atoms with Gasteiger partial charge in [-0.05, 0) is 56.2 Å². The van der Waals surface area contributed by atoms with E-state index in [9.17, 15) is 9.18 Å². The highest BCUT2D eigenvalue weighted by Gasteiger charge is 2.19. The molecule has 1 aromatic heterocycles. The molecular weight excluding hydrogens is 367 g/mol. The first kappa shape index (κ1) is 20.3. The van der Waals surface area contributed by atoms with E-state index < -0.39 is 5.82 Å². The summed E-state index contributed by atoms with van der Waals surface area (Å²) >= 11 is 0. The average molecular weight is 390 g/mol. The van der Waals surface area contributed by atoms with Crippen LogP contribution in [0.1, 0.15) is 36.5 Å². The van der Waals surface area contributed by atoms with Gasteiger partial charge in [0.15, 0.2) is 11.6 Å². The van der Waals surface area contributed by atoms with Crippen molar-refractivity contribution in [3.8, 4) is 17.6 Å². The molecule has 0 N–H and O–H groups in total. The van der Waals surface area contributed by atoms with Crippen molar-refractivity contribution in [1.29, 1.82) is 0 Å². The lowest BCUT2D eigenvalue weighted by Crippen LogP contribution is -2.27. The number of benzene rings is 2. The van der Waals surface area contributed by atoms with Gasteiger partial charge in [-0.25, -0.2) is 4.39 Å². The highest BCUT2D eigenvalue weighted by molar-refractivity contribution is 6.07. The highest BCUT2D eigenvalue weighted by atomic mass is 19.1. The summed E-state index contributed by atoms with van der Waals surface area (Å²) in [4.78, 5) is 18.5. The lowest BCUT2D eigenvalue weighted by Gasteiger charge is -2.19. The fourth-order valence-corrected chi connectivity index (χ4v) is 3.00. The molecule has 3 rings (SSSR count). The number of halogens is 1. The largest absolute Gasteiger partial charge is 0.490 e. The van der Waals surface area contributed by atoms with Crippen LogP contribution in [0.25, 0.3) is 10.9 Å². The number of rotatable bonds is 7. The van der Waals surface area contributed by atoms with Gasteiger partial charge in [-0.1, -0.05) is 12.1 Å². The topological polar surface area (TPSA) is 42.4 Å². The molecule has 0 saturated heterocycles. The number of amides is 1. The molecule has 1 amide bonds. The van der Waals surface area contributed by atoms with Gasteiger partial charge >= 0.3 is 0 Å². The second kappa shape index (κ2) is 9.70. The molecule has 0 saturated carbocycles. The van der Waals surface area contributed by atoms with Crippen LogP contribution in [0.5, 0.6) is 5.75 Å². The summed E-state index contributed by atoms with van der Waals surface area (Å²) in [6, 6.07) is 13.8. The Morgan fingerprint density at radius 3 is 2.86 bits per heavy atom. The number of anilines is 1. The van der Waals surface area contributed by atoms with Crippen LogP contribution in [0.2, 0.25) is 0 Å². The predicted octanol–water partition coefficient (Wildman–Crippen LogP) is 5.22. The van der Waals surface area contributed by atoms with E-state index in [-0.39, 0.29) is 17.3 Å². The number of aromatic nitrogens is 1. The van der Waals surface area contributed by atoms with Gasteiger partial charge in [0.1, 0.15) is 0 Å². The summed E-state index contributed by atoms with van der Waals surface area (Å²) in [6.07, 6.45) is 4.20. The number of fused-ring (bicyclic) bond motifs is 1. The Hall–Kier alpha value is -3.39. The molecule has 5 heteroatoms. The summed E-state index contributed by atoms with van der Waals surface area (Å²) in [5, 5.41) is 0.858. The summed E-state index contributed by atoms with van der Waals surface area (Å²) in [7, 11) is 1.56. The first-order valence-electron chi connectivity index (χ1n) is 9.55. The van der Waals surface area contributed by atoms with Crippen molar-refractivity contribution in [2.75, 3.05) is 18.6 Å². The van der Waals surface area contributed by atoms with Crippen LogP contribution in [0, 0.1) is 17.7 Å². The molecule has 148 valence electrons. The second-order valence-corrected chi connectivity index (χ2v) is 6.60. The van der Waals surface area contributed by atoms with Crippen LogP contribution in [-0.2, 0) is 0 Å². The number of hydrogen-bond acceptors (Lipinski definition) is 3. The SMILES string of the molecule is CC#CCCCCOc1cccc(N(C)C(=O)c2ccc3ncccc3c2)c1F. The second-order valence-electron chi connectivity index (χ2n) is 6.60. The molecule has 0 unspecified atom stereocenters. The zero-order chi connectivity index (χ0) is 20.6. The van der Waals surface area contributed by atoms with E-state index >= 15 is 0 Å². The first-order chi connectivity index (χ1) is 14.1. The van der Waals surface area contributed by atoms with E-state index in [1.54, 1.807) is 49.6 Å². The minimum Gasteiger partial charge on any atom is -0.490 e. The van der Waals surface area contributed by atoms with Gasteiger partial charge in [0, 0.05) is 30.6 Å². The number of nitrogens with zero attached hydrogens (tertiary/aromatic N) is 2. The number of unbranched alkanes of at least 4 members (excludes halogenated alkanes) is 2. The zero-order valence-electron chi connectivity index (χ0n) is 16.6. The van der Waals surface area contributed by atoms with Crippen molar-refractivity contribution in [3.63, 3.8) is 0 Å². The van der Waals surface area contributed by atoms with Crippen molar-refractivity contribution in [2.45, 2.75) is 26.2 Å². The summed E-state index contributed by atoms with van der Waals surface area (Å²) in [5.74, 6) is 5.14.